The van der Waals surface area contributed by atoms with Gasteiger partial charge in [0.2, 0.25) is 5.91 Å². The van der Waals surface area contributed by atoms with Gasteiger partial charge in [-0.1, -0.05) is 54.6 Å². The van der Waals surface area contributed by atoms with Crippen molar-refractivity contribution in [3.05, 3.63) is 119 Å². The van der Waals surface area contributed by atoms with Gasteiger partial charge in [0.1, 0.15) is 0 Å². The fraction of sp³-hybridized carbons (Fsp3) is 0.258. The first kappa shape index (κ1) is 25.7. The first-order valence-corrected chi connectivity index (χ1v) is 13.4. The van der Waals surface area contributed by atoms with Crippen molar-refractivity contribution in [2.24, 2.45) is 0 Å². The minimum atomic E-state index is -0.117. The number of para-hydroxylation sites is 1. The van der Waals surface area contributed by atoms with Crippen molar-refractivity contribution < 1.29 is 4.79 Å². The van der Waals surface area contributed by atoms with Gasteiger partial charge in [0.15, 0.2) is 5.11 Å². The average molecular weight is 524 g/mol. The number of nitrogens with zero attached hydrogens (tertiary/aromatic N) is 3. The van der Waals surface area contributed by atoms with E-state index in [1.54, 1.807) is 0 Å². The lowest BCUT2D eigenvalue weighted by atomic mass is 9.96. The molecule has 1 amide bonds. The van der Waals surface area contributed by atoms with E-state index in [1.165, 1.54) is 22.5 Å². The summed E-state index contributed by atoms with van der Waals surface area (Å²) < 4.78 is 2.35. The Balaban J connectivity index is 1.43. The Bertz CT molecular complexity index is 1430. The Morgan fingerprint density at radius 3 is 2.47 bits per heavy atom. The fourth-order valence-corrected chi connectivity index (χ4v) is 5.60. The first-order chi connectivity index (χ1) is 18.4. The molecule has 0 aliphatic carbocycles. The number of carbonyl (C=O) groups excluding carboxylic acids is 1. The van der Waals surface area contributed by atoms with Crippen LogP contribution in [-0.4, -0.2) is 32.0 Å². The largest absolute Gasteiger partial charge is 0.352 e. The third-order valence-corrected chi connectivity index (χ3v) is 7.66. The van der Waals surface area contributed by atoms with E-state index in [1.807, 2.05) is 61.7 Å². The number of nitrogens with one attached hydrogen (secondary N) is 2. The molecule has 194 valence electrons. The van der Waals surface area contributed by atoms with Gasteiger partial charge in [-0.3, -0.25) is 9.78 Å². The summed E-state index contributed by atoms with van der Waals surface area (Å²) in [6, 6.07) is 26.3. The molecule has 6 nitrogen and oxygen atoms in total. The van der Waals surface area contributed by atoms with Crippen LogP contribution < -0.4 is 10.6 Å². The molecule has 1 fully saturated rings. The van der Waals surface area contributed by atoms with Gasteiger partial charge < -0.3 is 20.1 Å². The van der Waals surface area contributed by atoms with Crippen LogP contribution in [0.5, 0.6) is 0 Å². The number of aryl methyl sites for hydroxylation is 2. The van der Waals surface area contributed by atoms with E-state index in [-0.39, 0.29) is 18.0 Å². The second-order valence-electron chi connectivity index (χ2n) is 9.83. The summed E-state index contributed by atoms with van der Waals surface area (Å²) in [6.45, 7) is 7.62. The normalized spacial score (nSPS) is 16.9. The lowest BCUT2D eigenvalue weighted by Crippen LogP contribution is -2.33. The molecule has 0 saturated carbocycles. The van der Waals surface area contributed by atoms with E-state index < -0.39 is 0 Å². The summed E-state index contributed by atoms with van der Waals surface area (Å²) in [5.41, 5.74) is 7.65. The number of hydrogen-bond acceptors (Lipinski definition) is 3. The molecular weight excluding hydrogens is 490 g/mol. The Kier molecular flexibility index (Phi) is 7.56. The molecule has 5 rings (SSSR count). The van der Waals surface area contributed by atoms with Gasteiger partial charge in [0, 0.05) is 42.8 Å². The highest BCUT2D eigenvalue weighted by molar-refractivity contribution is 7.80. The van der Waals surface area contributed by atoms with Crippen molar-refractivity contribution in [1.29, 1.82) is 0 Å². The second-order valence-corrected chi connectivity index (χ2v) is 10.2. The van der Waals surface area contributed by atoms with E-state index in [0.29, 0.717) is 18.1 Å². The number of pyridine rings is 1. The highest BCUT2D eigenvalue weighted by atomic mass is 32.1. The number of carbonyl (C=O) groups is 1. The minimum Gasteiger partial charge on any atom is -0.352 e. The number of thiocarbonyl (C=S) groups is 1. The van der Waals surface area contributed by atoms with Crippen molar-refractivity contribution in [2.75, 3.05) is 11.9 Å². The van der Waals surface area contributed by atoms with Gasteiger partial charge in [-0.05, 0) is 73.9 Å². The zero-order valence-electron chi connectivity index (χ0n) is 22.0. The number of anilines is 1. The lowest BCUT2D eigenvalue weighted by molar-refractivity contribution is -0.116. The predicted octanol–water partition coefficient (Wildman–Crippen LogP) is 5.86. The van der Waals surface area contributed by atoms with Crippen LogP contribution in [0.15, 0.2) is 85.1 Å². The van der Waals surface area contributed by atoms with Crippen LogP contribution >= 0.6 is 12.2 Å². The van der Waals surface area contributed by atoms with E-state index in [4.69, 9.17) is 12.2 Å². The van der Waals surface area contributed by atoms with Crippen LogP contribution in [0.1, 0.15) is 52.3 Å². The Hall–Kier alpha value is -3.97. The summed E-state index contributed by atoms with van der Waals surface area (Å²) in [4.78, 5) is 19.7. The van der Waals surface area contributed by atoms with E-state index >= 15 is 0 Å². The van der Waals surface area contributed by atoms with Gasteiger partial charge in [-0.25, -0.2) is 0 Å². The molecule has 0 unspecified atom stereocenters. The number of hydrogen-bond donors (Lipinski definition) is 2. The molecule has 2 N–H and O–H groups in total. The molecule has 1 aliphatic rings. The van der Waals surface area contributed by atoms with Crippen molar-refractivity contribution in [2.45, 2.75) is 45.8 Å². The fourth-order valence-electron chi connectivity index (χ4n) is 5.27. The van der Waals surface area contributed by atoms with Gasteiger partial charge in [-0.15, -0.1) is 0 Å². The summed E-state index contributed by atoms with van der Waals surface area (Å²) in [5.74, 6) is -0.0308. The monoisotopic (exact) mass is 523 g/mol. The van der Waals surface area contributed by atoms with Crippen LogP contribution in [-0.2, 0) is 11.3 Å². The van der Waals surface area contributed by atoms with E-state index in [0.717, 1.165) is 23.5 Å². The maximum atomic E-state index is 12.9. The molecule has 2 atom stereocenters. The molecule has 0 spiro atoms. The maximum absolute atomic E-state index is 12.9. The second kappa shape index (κ2) is 11.2. The van der Waals surface area contributed by atoms with Crippen molar-refractivity contribution >= 4 is 28.9 Å². The van der Waals surface area contributed by atoms with Gasteiger partial charge in [-0.2, -0.15) is 0 Å². The molecule has 1 saturated heterocycles. The zero-order chi connectivity index (χ0) is 26.6. The highest BCUT2D eigenvalue weighted by Crippen LogP contribution is 2.41. The Labute approximate surface area is 229 Å². The smallest absolute Gasteiger partial charge is 0.226 e. The van der Waals surface area contributed by atoms with Crippen molar-refractivity contribution in [1.82, 2.24) is 19.8 Å². The third kappa shape index (κ3) is 5.34. The zero-order valence-corrected chi connectivity index (χ0v) is 22.8. The standard InChI is InChI=1S/C31H33N5OS/c1-21-11-7-8-14-26(21)33-28(37)16-18-35-30(29(34-31(35)38)27-15-9-10-17-32-27)25-19-22(2)36(23(25)3)20-24-12-5-4-6-13-24/h4-15,17,19,29-30H,16,18,20H2,1-3H3,(H,33,37)(H,34,38)/t29-,30+/m0/s1. The van der Waals surface area contributed by atoms with E-state index in [2.05, 4.69) is 69.3 Å². The number of benzene rings is 2. The summed E-state index contributed by atoms with van der Waals surface area (Å²) in [6.07, 6.45) is 2.14. The quantitative estimate of drug-likeness (QED) is 0.283. The molecule has 4 aromatic rings. The van der Waals surface area contributed by atoms with Gasteiger partial charge in [0.25, 0.3) is 0 Å². The number of amides is 1. The van der Waals surface area contributed by atoms with Crippen LogP contribution in [0.3, 0.4) is 0 Å². The van der Waals surface area contributed by atoms with Crippen LogP contribution in [0.4, 0.5) is 5.69 Å². The molecule has 2 aromatic carbocycles. The first-order valence-electron chi connectivity index (χ1n) is 13.0. The average Bonchev–Trinajstić information content (AvgIpc) is 3.40. The van der Waals surface area contributed by atoms with Gasteiger partial charge >= 0.3 is 0 Å². The highest BCUT2D eigenvalue weighted by Gasteiger charge is 2.41. The van der Waals surface area contributed by atoms with Crippen molar-refractivity contribution in [3.8, 4) is 0 Å². The Morgan fingerprint density at radius 1 is 1.00 bits per heavy atom. The Morgan fingerprint density at radius 2 is 1.74 bits per heavy atom. The predicted molar refractivity (Wildman–Crippen MR) is 156 cm³/mol. The molecule has 7 heteroatoms. The van der Waals surface area contributed by atoms with Gasteiger partial charge in [0.05, 0.1) is 17.8 Å². The summed E-state index contributed by atoms with van der Waals surface area (Å²) >= 11 is 5.83. The summed E-state index contributed by atoms with van der Waals surface area (Å²) in [7, 11) is 0. The number of rotatable bonds is 8. The molecule has 0 bridgehead atoms. The molecule has 3 heterocycles. The topological polar surface area (TPSA) is 62.2 Å². The van der Waals surface area contributed by atoms with E-state index in [9.17, 15) is 4.79 Å². The molecule has 38 heavy (non-hydrogen) atoms. The lowest BCUT2D eigenvalue weighted by Gasteiger charge is -2.28. The van der Waals surface area contributed by atoms with Crippen LogP contribution in [0.25, 0.3) is 0 Å². The van der Waals surface area contributed by atoms with Crippen molar-refractivity contribution in [3.63, 3.8) is 0 Å². The molecular formula is C31H33N5OS. The molecule has 2 aromatic heterocycles. The van der Waals surface area contributed by atoms with Crippen LogP contribution in [0.2, 0.25) is 0 Å². The molecule has 1 aliphatic heterocycles. The molecule has 0 radical (unpaired) electrons. The summed E-state index contributed by atoms with van der Waals surface area (Å²) in [5, 5.41) is 7.20. The minimum absolute atomic E-state index is 0.0308. The van der Waals surface area contributed by atoms with Crippen LogP contribution in [0, 0.1) is 20.8 Å². The maximum Gasteiger partial charge on any atom is 0.226 e. The SMILES string of the molecule is Cc1ccccc1NC(=O)CCN1C(=S)N[C@@H](c2ccccn2)[C@H]1c1cc(C)n(Cc2ccccc2)c1C. The third-order valence-electron chi connectivity index (χ3n) is 7.31. The number of aromatic nitrogens is 2.